The van der Waals surface area contributed by atoms with Crippen LogP contribution in [0.4, 0.5) is 0 Å². The van der Waals surface area contributed by atoms with Gasteiger partial charge in [0.05, 0.1) is 32.0 Å². The SMILES string of the molecule is CCCC(C)(CC)SCC(=O)NCC(=O)NCC(=O)N[C@@H](Cc1ccccc1)C(=O)NCC(=O)NCOCc1ccc(Cc2csc(C)c2)cc1. The standard InChI is InChI=1S/C38H51N5O6S2/c1-5-16-38(4,6-2)51-25-36(47)40-20-33(44)39-22-35(46)43-32(19-28-10-8-7-9-11-28)37(48)41-21-34(45)42-26-49-23-30-14-12-29(13-15-30)18-31-17-27(3)50-24-31/h7-15,17,24,32H,5-6,16,18-23,25-26H2,1-4H3,(H,39,44)(H,40,47)(H,41,48)(H,42,45)(H,43,46)/t32-,38?/m0/s1. The van der Waals surface area contributed by atoms with Crippen LogP contribution < -0.4 is 26.6 Å². The van der Waals surface area contributed by atoms with Crippen molar-refractivity contribution in [1.82, 2.24) is 26.6 Å². The van der Waals surface area contributed by atoms with E-state index in [-0.39, 0.29) is 49.2 Å². The third-order valence-corrected chi connectivity index (χ3v) is 10.7. The molecule has 0 fully saturated rings. The van der Waals surface area contributed by atoms with Gasteiger partial charge in [-0.2, -0.15) is 0 Å². The van der Waals surface area contributed by atoms with Gasteiger partial charge in [-0.15, -0.1) is 23.1 Å². The van der Waals surface area contributed by atoms with Crippen LogP contribution in [0.2, 0.25) is 0 Å². The minimum atomic E-state index is -1.000. The summed E-state index contributed by atoms with van der Waals surface area (Å²) < 4.78 is 5.60. The van der Waals surface area contributed by atoms with E-state index in [0.717, 1.165) is 36.8 Å². The summed E-state index contributed by atoms with van der Waals surface area (Å²) in [6.45, 7) is 7.74. The maximum atomic E-state index is 13.1. The van der Waals surface area contributed by atoms with Crippen LogP contribution in [0.5, 0.6) is 0 Å². The molecule has 2 atom stereocenters. The van der Waals surface area contributed by atoms with E-state index in [4.69, 9.17) is 4.74 Å². The number of benzene rings is 2. The summed E-state index contributed by atoms with van der Waals surface area (Å²) in [6.07, 6.45) is 4.00. The molecule has 11 nitrogen and oxygen atoms in total. The van der Waals surface area contributed by atoms with Crippen molar-refractivity contribution < 1.29 is 28.7 Å². The van der Waals surface area contributed by atoms with E-state index in [1.54, 1.807) is 23.1 Å². The second kappa shape index (κ2) is 21.9. The van der Waals surface area contributed by atoms with Crippen LogP contribution in [0.15, 0.2) is 66.0 Å². The Hall–Kier alpha value is -4.20. The van der Waals surface area contributed by atoms with E-state index in [1.807, 2.05) is 42.5 Å². The van der Waals surface area contributed by atoms with Crippen LogP contribution >= 0.6 is 23.1 Å². The van der Waals surface area contributed by atoms with Gasteiger partial charge in [0.1, 0.15) is 12.8 Å². The van der Waals surface area contributed by atoms with Crippen molar-refractivity contribution in [1.29, 1.82) is 0 Å². The Labute approximate surface area is 309 Å². The predicted molar refractivity (Wildman–Crippen MR) is 203 cm³/mol. The van der Waals surface area contributed by atoms with Gasteiger partial charge >= 0.3 is 0 Å². The molecule has 0 radical (unpaired) electrons. The maximum absolute atomic E-state index is 13.1. The highest BCUT2D eigenvalue weighted by atomic mass is 32.2. The van der Waals surface area contributed by atoms with Gasteiger partial charge < -0.3 is 31.3 Å². The number of carbonyl (C=O) groups is 5. The van der Waals surface area contributed by atoms with Crippen LogP contribution in [0.25, 0.3) is 0 Å². The molecule has 0 aliphatic rings. The fraction of sp³-hybridized carbons (Fsp3) is 0.447. The number of hydrogen-bond acceptors (Lipinski definition) is 8. The molecule has 0 spiro atoms. The molecule has 0 saturated carbocycles. The molecule has 13 heteroatoms. The van der Waals surface area contributed by atoms with Crippen molar-refractivity contribution in [2.45, 2.75) is 77.2 Å². The number of nitrogens with one attached hydrogen (secondary N) is 5. The van der Waals surface area contributed by atoms with Crippen LogP contribution in [0, 0.1) is 6.92 Å². The molecule has 1 aromatic heterocycles. The van der Waals surface area contributed by atoms with Gasteiger partial charge in [0, 0.05) is 16.0 Å². The summed E-state index contributed by atoms with van der Waals surface area (Å²) in [7, 11) is 0. The summed E-state index contributed by atoms with van der Waals surface area (Å²) in [5.41, 5.74) is 4.27. The third kappa shape index (κ3) is 16.1. The highest BCUT2D eigenvalue weighted by Gasteiger charge is 2.24. The summed E-state index contributed by atoms with van der Waals surface area (Å²) in [5, 5.41) is 15.1. The number of aryl methyl sites for hydroxylation is 1. The quantitative estimate of drug-likeness (QED) is 0.0772. The number of amides is 5. The molecule has 3 aromatic rings. The first-order chi connectivity index (χ1) is 24.5. The fourth-order valence-electron chi connectivity index (χ4n) is 5.13. The number of hydrogen-bond donors (Lipinski definition) is 5. The lowest BCUT2D eigenvalue weighted by molar-refractivity contribution is -0.131. The highest BCUT2D eigenvalue weighted by Crippen LogP contribution is 2.32. The average molecular weight is 738 g/mol. The molecule has 1 heterocycles. The van der Waals surface area contributed by atoms with Gasteiger partial charge in [-0.25, -0.2) is 0 Å². The second-order valence-corrected chi connectivity index (χ2v) is 15.3. The Kier molecular flexibility index (Phi) is 17.7. The first-order valence-electron chi connectivity index (χ1n) is 17.2. The van der Waals surface area contributed by atoms with E-state index >= 15 is 0 Å². The van der Waals surface area contributed by atoms with Crippen molar-refractivity contribution in [2.75, 3.05) is 32.1 Å². The Balaban J connectivity index is 1.38. The fourth-order valence-corrected chi connectivity index (χ4v) is 6.97. The summed E-state index contributed by atoms with van der Waals surface area (Å²) >= 11 is 3.31. The third-order valence-electron chi connectivity index (χ3n) is 8.18. The number of ether oxygens (including phenoxy) is 1. The highest BCUT2D eigenvalue weighted by molar-refractivity contribution is 8.01. The molecule has 5 N–H and O–H groups in total. The molecule has 276 valence electrons. The Morgan fingerprint density at radius 1 is 0.784 bits per heavy atom. The molecule has 51 heavy (non-hydrogen) atoms. The van der Waals surface area contributed by atoms with Gasteiger partial charge in [0.15, 0.2) is 0 Å². The number of rotatable bonds is 22. The number of thioether (sulfide) groups is 1. The van der Waals surface area contributed by atoms with Gasteiger partial charge in [-0.1, -0.05) is 81.8 Å². The number of thiophene rings is 1. The smallest absolute Gasteiger partial charge is 0.243 e. The van der Waals surface area contributed by atoms with Crippen molar-refractivity contribution in [3.63, 3.8) is 0 Å². The van der Waals surface area contributed by atoms with Crippen LogP contribution in [0.3, 0.4) is 0 Å². The zero-order chi connectivity index (χ0) is 37.1. The van der Waals surface area contributed by atoms with E-state index in [9.17, 15) is 24.0 Å². The second-order valence-electron chi connectivity index (χ2n) is 12.6. The molecule has 1 unspecified atom stereocenters. The Bertz CT molecular complexity index is 1570. The summed E-state index contributed by atoms with van der Waals surface area (Å²) in [4.78, 5) is 64.1. The lowest BCUT2D eigenvalue weighted by atomic mass is 10.0. The zero-order valence-corrected chi connectivity index (χ0v) is 31.6. The molecule has 0 bridgehead atoms. The topological polar surface area (TPSA) is 155 Å². The van der Waals surface area contributed by atoms with E-state index in [2.05, 4.69) is 77.9 Å². The van der Waals surface area contributed by atoms with Crippen LogP contribution in [0.1, 0.15) is 67.2 Å². The maximum Gasteiger partial charge on any atom is 0.243 e. The largest absolute Gasteiger partial charge is 0.357 e. The van der Waals surface area contributed by atoms with Gasteiger partial charge in [-0.05, 0) is 59.9 Å². The molecule has 0 aliphatic carbocycles. The lowest BCUT2D eigenvalue weighted by Crippen LogP contribution is -2.52. The first kappa shape index (κ1) is 41.2. The molecular weight excluding hydrogens is 687 g/mol. The van der Waals surface area contributed by atoms with Crippen molar-refractivity contribution >= 4 is 52.6 Å². The van der Waals surface area contributed by atoms with Gasteiger partial charge in [0.2, 0.25) is 29.5 Å². The van der Waals surface area contributed by atoms with Crippen molar-refractivity contribution in [3.05, 3.63) is 93.2 Å². The Morgan fingerprint density at radius 2 is 1.43 bits per heavy atom. The minimum Gasteiger partial charge on any atom is -0.357 e. The minimum absolute atomic E-state index is 0.00502. The van der Waals surface area contributed by atoms with E-state index in [1.165, 1.54) is 16.0 Å². The normalized spacial score (nSPS) is 12.6. The molecule has 0 saturated heterocycles. The molecule has 5 amide bonds. The molecular formula is C38H51N5O6S2. The first-order valence-corrected chi connectivity index (χ1v) is 19.1. The van der Waals surface area contributed by atoms with Gasteiger partial charge in [0.25, 0.3) is 0 Å². The summed E-state index contributed by atoms with van der Waals surface area (Å²) in [6, 6.07) is 18.4. The number of carbonyl (C=O) groups excluding carboxylic acids is 5. The average Bonchev–Trinajstić information content (AvgIpc) is 3.54. The lowest BCUT2D eigenvalue weighted by Gasteiger charge is -2.26. The van der Waals surface area contributed by atoms with E-state index < -0.39 is 29.7 Å². The van der Waals surface area contributed by atoms with Crippen LogP contribution in [-0.2, 0) is 48.2 Å². The molecule has 0 aliphatic heterocycles. The Morgan fingerprint density at radius 3 is 2.10 bits per heavy atom. The monoisotopic (exact) mass is 737 g/mol. The predicted octanol–water partition coefficient (Wildman–Crippen LogP) is 4.02. The summed E-state index contributed by atoms with van der Waals surface area (Å²) in [5.74, 6) is -2.14. The van der Waals surface area contributed by atoms with Crippen LogP contribution in [-0.4, -0.2) is 72.4 Å². The molecule has 2 aromatic carbocycles. The van der Waals surface area contributed by atoms with Crippen molar-refractivity contribution in [3.8, 4) is 0 Å². The molecule has 3 rings (SSSR count). The van der Waals surface area contributed by atoms with Crippen molar-refractivity contribution in [2.24, 2.45) is 0 Å². The zero-order valence-electron chi connectivity index (χ0n) is 30.0. The van der Waals surface area contributed by atoms with E-state index in [0.29, 0.717) is 6.61 Å². The van der Waals surface area contributed by atoms with Gasteiger partial charge in [-0.3, -0.25) is 24.0 Å².